The quantitative estimate of drug-likeness (QED) is 0.813. The summed E-state index contributed by atoms with van der Waals surface area (Å²) in [7, 11) is 0. The van der Waals surface area contributed by atoms with Gasteiger partial charge < -0.3 is 10.1 Å². The second-order valence-corrected chi connectivity index (χ2v) is 4.97. The van der Waals surface area contributed by atoms with Crippen LogP contribution >= 0.6 is 0 Å². The highest BCUT2D eigenvalue weighted by atomic mass is 16.5. The number of benzene rings is 1. The Morgan fingerprint density at radius 1 is 1.33 bits per heavy atom. The summed E-state index contributed by atoms with van der Waals surface area (Å²) in [4.78, 5) is 11.8. The van der Waals surface area contributed by atoms with Crippen LogP contribution in [-0.2, 0) is 4.74 Å². The molecule has 1 aliphatic carbocycles. The monoisotopic (exact) mass is 247 g/mol. The fourth-order valence-corrected chi connectivity index (χ4v) is 2.33. The van der Waals surface area contributed by atoms with E-state index in [0.29, 0.717) is 11.6 Å². The van der Waals surface area contributed by atoms with Gasteiger partial charge in [-0.25, -0.2) is 4.79 Å². The van der Waals surface area contributed by atoms with Crippen LogP contribution in [0, 0.1) is 0 Å². The molecule has 0 heterocycles. The van der Waals surface area contributed by atoms with Gasteiger partial charge in [-0.2, -0.15) is 0 Å². The maximum atomic E-state index is 11.8. The predicted octanol–water partition coefficient (Wildman–Crippen LogP) is 2.76. The minimum absolute atomic E-state index is 0.0849. The van der Waals surface area contributed by atoms with Crippen LogP contribution in [0.5, 0.6) is 0 Å². The van der Waals surface area contributed by atoms with Crippen LogP contribution in [-0.4, -0.2) is 24.7 Å². The summed E-state index contributed by atoms with van der Waals surface area (Å²) in [5.41, 5.74) is 0.616. The third-order valence-electron chi connectivity index (χ3n) is 3.37. The van der Waals surface area contributed by atoms with Gasteiger partial charge in [0.15, 0.2) is 0 Å². The molecule has 1 N–H and O–H groups in total. The van der Waals surface area contributed by atoms with E-state index in [9.17, 15) is 4.79 Å². The summed E-state index contributed by atoms with van der Waals surface area (Å²) < 4.78 is 5.39. The smallest absolute Gasteiger partial charge is 0.338 e. The number of carbonyl (C=O) groups is 1. The second kappa shape index (κ2) is 6.55. The van der Waals surface area contributed by atoms with Crippen molar-refractivity contribution in [3.63, 3.8) is 0 Å². The minimum atomic E-state index is -0.240. The Labute approximate surface area is 109 Å². The van der Waals surface area contributed by atoms with E-state index in [4.69, 9.17) is 4.74 Å². The van der Waals surface area contributed by atoms with Gasteiger partial charge in [0.05, 0.1) is 5.56 Å². The standard InChI is InChI=1S/C15H21NO2/c1-12(11-16-14-9-5-6-10-14)18-15(17)13-7-3-2-4-8-13/h2-4,7-8,12,14,16H,5-6,9-11H2,1H3/t12-/m1/s1. The Hall–Kier alpha value is -1.35. The second-order valence-electron chi connectivity index (χ2n) is 4.97. The summed E-state index contributed by atoms with van der Waals surface area (Å²) in [6.45, 7) is 2.67. The van der Waals surface area contributed by atoms with Gasteiger partial charge in [-0.3, -0.25) is 0 Å². The molecule has 0 unspecified atom stereocenters. The lowest BCUT2D eigenvalue weighted by atomic mass is 10.2. The fraction of sp³-hybridized carbons (Fsp3) is 0.533. The van der Waals surface area contributed by atoms with E-state index < -0.39 is 0 Å². The molecule has 1 aromatic rings. The Morgan fingerprint density at radius 3 is 2.67 bits per heavy atom. The fourth-order valence-electron chi connectivity index (χ4n) is 2.33. The highest BCUT2D eigenvalue weighted by Gasteiger charge is 2.16. The van der Waals surface area contributed by atoms with Gasteiger partial charge >= 0.3 is 5.97 Å². The normalized spacial score (nSPS) is 17.6. The van der Waals surface area contributed by atoms with Crippen LogP contribution < -0.4 is 5.32 Å². The summed E-state index contributed by atoms with van der Waals surface area (Å²) >= 11 is 0. The lowest BCUT2D eigenvalue weighted by Crippen LogP contribution is -2.34. The van der Waals surface area contributed by atoms with Crippen LogP contribution in [0.25, 0.3) is 0 Å². The van der Waals surface area contributed by atoms with E-state index in [2.05, 4.69) is 5.32 Å². The van der Waals surface area contributed by atoms with E-state index in [1.807, 2.05) is 25.1 Å². The third-order valence-corrected chi connectivity index (χ3v) is 3.37. The predicted molar refractivity (Wildman–Crippen MR) is 71.6 cm³/mol. The summed E-state index contributed by atoms with van der Waals surface area (Å²) in [5.74, 6) is -0.240. The highest BCUT2D eigenvalue weighted by molar-refractivity contribution is 5.89. The van der Waals surface area contributed by atoms with Crippen molar-refractivity contribution in [1.82, 2.24) is 5.32 Å². The van der Waals surface area contributed by atoms with Crippen molar-refractivity contribution in [3.05, 3.63) is 35.9 Å². The molecule has 0 bridgehead atoms. The average molecular weight is 247 g/mol. The van der Waals surface area contributed by atoms with Gasteiger partial charge in [0.25, 0.3) is 0 Å². The van der Waals surface area contributed by atoms with Crippen molar-refractivity contribution in [2.45, 2.75) is 44.8 Å². The largest absolute Gasteiger partial charge is 0.458 e. The molecule has 98 valence electrons. The zero-order chi connectivity index (χ0) is 12.8. The molecule has 0 radical (unpaired) electrons. The Bertz CT molecular complexity index is 371. The number of ether oxygens (including phenoxy) is 1. The van der Waals surface area contributed by atoms with Crippen molar-refractivity contribution in [2.24, 2.45) is 0 Å². The van der Waals surface area contributed by atoms with E-state index in [1.54, 1.807) is 12.1 Å². The maximum absolute atomic E-state index is 11.8. The number of esters is 1. The SMILES string of the molecule is C[C@H](CNC1CCCC1)OC(=O)c1ccccc1. The third kappa shape index (κ3) is 3.84. The van der Waals surface area contributed by atoms with Gasteiger partial charge in [0.1, 0.15) is 6.10 Å². The van der Waals surface area contributed by atoms with Gasteiger partial charge in [-0.15, -0.1) is 0 Å². The molecule has 1 aliphatic rings. The van der Waals surface area contributed by atoms with Crippen LogP contribution in [0.4, 0.5) is 0 Å². The first-order valence-electron chi connectivity index (χ1n) is 6.75. The number of hydrogen-bond acceptors (Lipinski definition) is 3. The maximum Gasteiger partial charge on any atom is 0.338 e. The number of hydrogen-bond donors (Lipinski definition) is 1. The first-order valence-corrected chi connectivity index (χ1v) is 6.75. The molecule has 1 atom stereocenters. The molecule has 0 spiro atoms. The van der Waals surface area contributed by atoms with E-state index in [1.165, 1.54) is 25.7 Å². The van der Waals surface area contributed by atoms with Crippen molar-refractivity contribution in [3.8, 4) is 0 Å². The molecule has 1 saturated carbocycles. The summed E-state index contributed by atoms with van der Waals surface area (Å²) in [5, 5.41) is 3.46. The topological polar surface area (TPSA) is 38.3 Å². The van der Waals surface area contributed by atoms with Gasteiger partial charge in [-0.05, 0) is 31.9 Å². The van der Waals surface area contributed by atoms with Crippen molar-refractivity contribution >= 4 is 5.97 Å². The summed E-state index contributed by atoms with van der Waals surface area (Å²) in [6, 6.07) is 9.75. The molecule has 3 heteroatoms. The molecule has 0 saturated heterocycles. The Balaban J connectivity index is 1.73. The molecular weight excluding hydrogens is 226 g/mol. The molecule has 0 amide bonds. The molecule has 3 nitrogen and oxygen atoms in total. The molecule has 2 rings (SSSR count). The number of nitrogens with one attached hydrogen (secondary N) is 1. The number of carbonyl (C=O) groups excluding carboxylic acids is 1. The Kier molecular flexibility index (Phi) is 4.76. The van der Waals surface area contributed by atoms with Gasteiger partial charge in [-0.1, -0.05) is 31.0 Å². The molecule has 0 aromatic heterocycles. The zero-order valence-corrected chi connectivity index (χ0v) is 10.9. The van der Waals surface area contributed by atoms with Gasteiger partial charge in [0, 0.05) is 12.6 Å². The van der Waals surface area contributed by atoms with Crippen LogP contribution in [0.15, 0.2) is 30.3 Å². The van der Waals surface area contributed by atoms with Crippen LogP contribution in [0.3, 0.4) is 0 Å². The van der Waals surface area contributed by atoms with Crippen molar-refractivity contribution in [2.75, 3.05) is 6.54 Å². The first-order chi connectivity index (χ1) is 8.75. The lowest BCUT2D eigenvalue weighted by molar-refractivity contribution is 0.0337. The molecule has 0 aliphatic heterocycles. The van der Waals surface area contributed by atoms with Crippen LogP contribution in [0.1, 0.15) is 43.0 Å². The van der Waals surface area contributed by atoms with Crippen LogP contribution in [0.2, 0.25) is 0 Å². The van der Waals surface area contributed by atoms with Crippen molar-refractivity contribution < 1.29 is 9.53 Å². The van der Waals surface area contributed by atoms with Gasteiger partial charge in [0.2, 0.25) is 0 Å². The summed E-state index contributed by atoms with van der Waals surface area (Å²) in [6.07, 6.45) is 5.04. The molecule has 1 aromatic carbocycles. The average Bonchev–Trinajstić information content (AvgIpc) is 2.90. The molecular formula is C15H21NO2. The number of rotatable bonds is 5. The van der Waals surface area contributed by atoms with E-state index in [0.717, 1.165) is 6.54 Å². The molecule has 18 heavy (non-hydrogen) atoms. The Morgan fingerprint density at radius 2 is 2.00 bits per heavy atom. The van der Waals surface area contributed by atoms with Crippen molar-refractivity contribution in [1.29, 1.82) is 0 Å². The molecule has 1 fully saturated rings. The zero-order valence-electron chi connectivity index (χ0n) is 10.9. The van der Waals surface area contributed by atoms with E-state index in [-0.39, 0.29) is 12.1 Å². The first kappa shape index (κ1) is 13.1. The van der Waals surface area contributed by atoms with E-state index >= 15 is 0 Å². The minimum Gasteiger partial charge on any atom is -0.458 e. The highest BCUT2D eigenvalue weighted by Crippen LogP contribution is 2.17. The lowest BCUT2D eigenvalue weighted by Gasteiger charge is -2.17.